The van der Waals surface area contributed by atoms with Crippen molar-refractivity contribution < 1.29 is 14.3 Å². The topological polar surface area (TPSA) is 62.5 Å². The zero-order valence-corrected chi connectivity index (χ0v) is 8.19. The summed E-state index contributed by atoms with van der Waals surface area (Å²) < 4.78 is 4.80. The Kier molecular flexibility index (Phi) is 4.19. The summed E-state index contributed by atoms with van der Waals surface area (Å²) in [6, 6.07) is 1.64. The minimum atomic E-state index is -0.154. The van der Waals surface area contributed by atoms with Gasteiger partial charge in [-0.05, 0) is 18.9 Å². The Bertz CT molecular complexity index is 269. The first-order valence-electron chi connectivity index (χ1n) is 4.71. The molecule has 0 aliphatic carbocycles. The number of rotatable bonds is 5. The smallest absolute Gasteiger partial charge is 0.254 e. The molecule has 4 nitrogen and oxygen atoms in total. The van der Waals surface area contributed by atoms with E-state index in [1.807, 2.05) is 6.92 Å². The van der Waals surface area contributed by atoms with Crippen molar-refractivity contribution >= 4 is 5.91 Å². The van der Waals surface area contributed by atoms with Gasteiger partial charge in [-0.3, -0.25) is 4.79 Å². The maximum Gasteiger partial charge on any atom is 0.254 e. The van der Waals surface area contributed by atoms with E-state index < -0.39 is 0 Å². The van der Waals surface area contributed by atoms with Crippen LogP contribution in [0.2, 0.25) is 0 Å². The maximum atomic E-state index is 11.5. The molecule has 1 aromatic rings. The summed E-state index contributed by atoms with van der Waals surface area (Å²) in [6.45, 7) is 2.06. The van der Waals surface area contributed by atoms with Gasteiger partial charge in [0.1, 0.15) is 6.26 Å². The van der Waals surface area contributed by atoms with Crippen molar-refractivity contribution in [3.8, 4) is 0 Å². The highest BCUT2D eigenvalue weighted by Gasteiger charge is 2.11. The predicted molar refractivity (Wildman–Crippen MR) is 52.0 cm³/mol. The van der Waals surface area contributed by atoms with Crippen LogP contribution in [-0.2, 0) is 0 Å². The van der Waals surface area contributed by atoms with Crippen LogP contribution in [0.25, 0.3) is 0 Å². The largest absolute Gasteiger partial charge is 0.472 e. The Morgan fingerprint density at radius 1 is 1.71 bits per heavy atom. The lowest BCUT2D eigenvalue weighted by Gasteiger charge is -2.14. The van der Waals surface area contributed by atoms with Crippen molar-refractivity contribution in [2.45, 2.75) is 25.8 Å². The van der Waals surface area contributed by atoms with E-state index in [1.54, 1.807) is 6.07 Å². The van der Waals surface area contributed by atoms with Gasteiger partial charge in [-0.1, -0.05) is 6.92 Å². The number of hydrogen-bond acceptors (Lipinski definition) is 3. The molecule has 1 unspecified atom stereocenters. The van der Waals surface area contributed by atoms with Gasteiger partial charge in [0.2, 0.25) is 0 Å². The van der Waals surface area contributed by atoms with Gasteiger partial charge >= 0.3 is 0 Å². The summed E-state index contributed by atoms with van der Waals surface area (Å²) in [4.78, 5) is 11.5. The molecule has 1 aromatic heterocycles. The number of aliphatic hydroxyl groups is 1. The second kappa shape index (κ2) is 5.44. The lowest BCUT2D eigenvalue weighted by atomic mass is 10.1. The molecule has 0 fully saturated rings. The third kappa shape index (κ3) is 2.88. The summed E-state index contributed by atoms with van der Waals surface area (Å²) >= 11 is 0. The highest BCUT2D eigenvalue weighted by Crippen LogP contribution is 2.02. The van der Waals surface area contributed by atoms with E-state index in [2.05, 4.69) is 5.32 Å². The summed E-state index contributed by atoms with van der Waals surface area (Å²) in [5, 5.41) is 11.6. The molecule has 1 rings (SSSR count). The van der Waals surface area contributed by atoms with E-state index in [0.717, 1.165) is 6.42 Å². The normalized spacial score (nSPS) is 12.4. The highest BCUT2D eigenvalue weighted by molar-refractivity contribution is 5.93. The van der Waals surface area contributed by atoms with Crippen molar-refractivity contribution in [1.82, 2.24) is 5.32 Å². The maximum absolute atomic E-state index is 11.5. The Hall–Kier alpha value is -1.29. The van der Waals surface area contributed by atoms with E-state index in [4.69, 9.17) is 9.52 Å². The Morgan fingerprint density at radius 2 is 2.50 bits per heavy atom. The zero-order valence-electron chi connectivity index (χ0n) is 8.19. The first-order valence-corrected chi connectivity index (χ1v) is 4.71. The lowest BCUT2D eigenvalue weighted by Crippen LogP contribution is -2.34. The van der Waals surface area contributed by atoms with E-state index in [0.29, 0.717) is 12.0 Å². The van der Waals surface area contributed by atoms with Gasteiger partial charge in [0.15, 0.2) is 0 Å². The fourth-order valence-corrected chi connectivity index (χ4v) is 1.20. The fraction of sp³-hybridized carbons (Fsp3) is 0.500. The molecule has 78 valence electrons. The number of aliphatic hydroxyl groups excluding tert-OH is 1. The van der Waals surface area contributed by atoms with Crippen LogP contribution in [0.1, 0.15) is 30.1 Å². The molecule has 0 spiro atoms. The Morgan fingerprint density at radius 3 is 3.00 bits per heavy atom. The summed E-state index contributed by atoms with van der Waals surface area (Å²) in [5.74, 6) is -0.154. The van der Waals surface area contributed by atoms with Gasteiger partial charge in [-0.25, -0.2) is 0 Å². The molecule has 0 radical (unpaired) electrons. The van der Waals surface area contributed by atoms with Crippen molar-refractivity contribution in [3.63, 3.8) is 0 Å². The summed E-state index contributed by atoms with van der Waals surface area (Å²) in [6.07, 6.45) is 4.26. The number of hydrogen-bond donors (Lipinski definition) is 2. The lowest BCUT2D eigenvalue weighted by molar-refractivity contribution is 0.0928. The molecule has 1 atom stereocenters. The van der Waals surface area contributed by atoms with Gasteiger partial charge < -0.3 is 14.8 Å². The molecule has 14 heavy (non-hydrogen) atoms. The molecule has 4 heteroatoms. The van der Waals surface area contributed by atoms with Gasteiger partial charge in [0.25, 0.3) is 5.91 Å². The van der Waals surface area contributed by atoms with Crippen LogP contribution in [0.5, 0.6) is 0 Å². The highest BCUT2D eigenvalue weighted by atomic mass is 16.3. The molecule has 0 saturated carbocycles. The minimum absolute atomic E-state index is 0.0300. The van der Waals surface area contributed by atoms with Crippen LogP contribution in [0.4, 0.5) is 0 Å². The molecule has 2 N–H and O–H groups in total. The second-order valence-electron chi connectivity index (χ2n) is 3.10. The minimum Gasteiger partial charge on any atom is -0.472 e. The molecular formula is C10H15NO3. The van der Waals surface area contributed by atoms with Crippen LogP contribution in [-0.4, -0.2) is 23.7 Å². The third-order valence-electron chi connectivity index (χ3n) is 2.09. The Labute approximate surface area is 82.9 Å². The second-order valence-corrected chi connectivity index (χ2v) is 3.10. The molecule has 0 aliphatic rings. The summed E-state index contributed by atoms with van der Waals surface area (Å²) in [5.41, 5.74) is 0.515. The van der Waals surface area contributed by atoms with Crippen molar-refractivity contribution in [1.29, 1.82) is 0 Å². The predicted octanol–water partition coefficient (Wildman–Crippen LogP) is 1.17. The molecule has 0 aliphatic heterocycles. The van der Waals surface area contributed by atoms with Crippen molar-refractivity contribution in [2.75, 3.05) is 6.61 Å². The van der Waals surface area contributed by atoms with Crippen molar-refractivity contribution in [3.05, 3.63) is 24.2 Å². The van der Waals surface area contributed by atoms with E-state index >= 15 is 0 Å². The van der Waals surface area contributed by atoms with Crippen LogP contribution in [0.15, 0.2) is 23.0 Å². The molecule has 0 bridgehead atoms. The van der Waals surface area contributed by atoms with Gasteiger partial charge in [-0.2, -0.15) is 0 Å². The van der Waals surface area contributed by atoms with Crippen molar-refractivity contribution in [2.24, 2.45) is 0 Å². The number of carbonyl (C=O) groups excluding carboxylic acids is 1. The quantitative estimate of drug-likeness (QED) is 0.744. The van der Waals surface area contributed by atoms with Gasteiger partial charge in [0, 0.05) is 12.6 Å². The first kappa shape index (κ1) is 10.8. The van der Waals surface area contributed by atoms with E-state index in [9.17, 15) is 4.79 Å². The zero-order chi connectivity index (χ0) is 10.4. The third-order valence-corrected chi connectivity index (χ3v) is 2.09. The fourth-order valence-electron chi connectivity index (χ4n) is 1.20. The van der Waals surface area contributed by atoms with Crippen LogP contribution in [0, 0.1) is 0 Å². The first-order chi connectivity index (χ1) is 6.77. The van der Waals surface area contributed by atoms with E-state index in [-0.39, 0.29) is 18.6 Å². The molecule has 1 amide bonds. The van der Waals surface area contributed by atoms with Gasteiger partial charge in [-0.15, -0.1) is 0 Å². The molecule has 0 aromatic carbocycles. The van der Waals surface area contributed by atoms with Crippen LogP contribution >= 0.6 is 0 Å². The van der Waals surface area contributed by atoms with Gasteiger partial charge in [0.05, 0.1) is 11.8 Å². The molecular weight excluding hydrogens is 182 g/mol. The Balaban J connectivity index is 2.47. The molecule has 0 saturated heterocycles. The monoisotopic (exact) mass is 197 g/mol. The summed E-state index contributed by atoms with van der Waals surface area (Å²) in [7, 11) is 0. The number of furan rings is 1. The average molecular weight is 197 g/mol. The average Bonchev–Trinajstić information content (AvgIpc) is 2.69. The SMILES string of the molecule is CCC(CCO)NC(=O)c1ccoc1. The van der Waals surface area contributed by atoms with E-state index in [1.165, 1.54) is 12.5 Å². The standard InChI is InChI=1S/C10H15NO3/c1-2-9(3-5-12)11-10(13)8-4-6-14-7-8/h4,6-7,9,12H,2-3,5H2,1H3,(H,11,13). The number of carbonyl (C=O) groups is 1. The number of nitrogens with one attached hydrogen (secondary N) is 1. The van der Waals surface area contributed by atoms with Crippen LogP contribution < -0.4 is 5.32 Å². The van der Waals surface area contributed by atoms with Crippen LogP contribution in [0.3, 0.4) is 0 Å². The molecule has 1 heterocycles. The number of amides is 1.